The van der Waals surface area contributed by atoms with Crippen LogP contribution in [0.2, 0.25) is 10.3 Å². The average molecular weight is 206 g/mol. The molecule has 0 bridgehead atoms. The minimum atomic E-state index is -0.715. The largest absolute Gasteiger partial charge is 0.364 e. The van der Waals surface area contributed by atoms with Gasteiger partial charge in [0.15, 0.2) is 16.0 Å². The Balaban J connectivity index is 3.33. The lowest BCUT2D eigenvalue weighted by Gasteiger charge is -2.00. The third-order valence-corrected chi connectivity index (χ3v) is 1.82. The predicted octanol–water partition coefficient (Wildman–Crippen LogP) is 1.19. The topological polar surface area (TPSA) is 68.9 Å². The quantitative estimate of drug-likeness (QED) is 0.750. The van der Waals surface area contributed by atoms with E-state index in [1.807, 2.05) is 0 Å². The molecule has 0 aliphatic heterocycles. The van der Waals surface area contributed by atoms with Gasteiger partial charge in [-0.05, 0) is 6.92 Å². The molecule has 0 spiro atoms. The monoisotopic (exact) mass is 205 g/mol. The zero-order valence-electron chi connectivity index (χ0n) is 6.14. The standard InChI is InChI=1S/C6H5Cl2N3O/c1-2-4(7)11-5(8)3(10-2)6(9)12/h1H3,(H2,9,12). The third-order valence-electron chi connectivity index (χ3n) is 1.20. The maximum Gasteiger partial charge on any atom is 0.270 e. The number of carbonyl (C=O) groups is 1. The maximum absolute atomic E-state index is 10.7. The van der Waals surface area contributed by atoms with Crippen molar-refractivity contribution >= 4 is 29.1 Å². The van der Waals surface area contributed by atoms with Gasteiger partial charge >= 0.3 is 0 Å². The molecule has 1 aromatic rings. The number of hydrogen-bond acceptors (Lipinski definition) is 3. The summed E-state index contributed by atoms with van der Waals surface area (Å²) in [6.07, 6.45) is 0. The van der Waals surface area contributed by atoms with Gasteiger partial charge in [0, 0.05) is 0 Å². The summed E-state index contributed by atoms with van der Waals surface area (Å²) in [5.74, 6) is -0.715. The zero-order chi connectivity index (χ0) is 9.30. The van der Waals surface area contributed by atoms with Crippen molar-refractivity contribution in [2.24, 2.45) is 5.73 Å². The summed E-state index contributed by atoms with van der Waals surface area (Å²) in [5.41, 5.74) is 5.33. The molecule has 2 N–H and O–H groups in total. The van der Waals surface area contributed by atoms with Crippen LogP contribution in [0.1, 0.15) is 16.2 Å². The van der Waals surface area contributed by atoms with Crippen LogP contribution in [-0.4, -0.2) is 15.9 Å². The highest BCUT2D eigenvalue weighted by Crippen LogP contribution is 2.16. The number of rotatable bonds is 1. The Hall–Kier alpha value is -0.870. The van der Waals surface area contributed by atoms with Crippen LogP contribution >= 0.6 is 23.2 Å². The molecule has 6 heteroatoms. The van der Waals surface area contributed by atoms with Gasteiger partial charge in [-0.25, -0.2) is 9.97 Å². The van der Waals surface area contributed by atoms with Crippen molar-refractivity contribution in [3.63, 3.8) is 0 Å². The predicted molar refractivity (Wildman–Crippen MR) is 45.3 cm³/mol. The minimum absolute atomic E-state index is 0.0569. The Morgan fingerprint density at radius 2 is 1.92 bits per heavy atom. The molecule has 0 aliphatic carbocycles. The normalized spacial score (nSPS) is 9.92. The van der Waals surface area contributed by atoms with Crippen molar-refractivity contribution < 1.29 is 4.79 Å². The smallest absolute Gasteiger partial charge is 0.270 e. The summed E-state index contributed by atoms with van der Waals surface area (Å²) >= 11 is 11.1. The number of aromatic nitrogens is 2. The number of nitrogens with zero attached hydrogens (tertiary/aromatic N) is 2. The van der Waals surface area contributed by atoms with Gasteiger partial charge in [0.05, 0.1) is 5.69 Å². The molecule has 12 heavy (non-hydrogen) atoms. The molecule has 1 aromatic heterocycles. The zero-order valence-corrected chi connectivity index (χ0v) is 7.65. The van der Waals surface area contributed by atoms with Gasteiger partial charge in [0.1, 0.15) is 0 Å². The van der Waals surface area contributed by atoms with E-state index in [0.717, 1.165) is 0 Å². The Bertz CT molecular complexity index is 340. The van der Waals surface area contributed by atoms with Gasteiger partial charge in [-0.3, -0.25) is 4.79 Å². The van der Waals surface area contributed by atoms with Crippen LogP contribution in [0.15, 0.2) is 0 Å². The van der Waals surface area contributed by atoms with Crippen LogP contribution in [0.25, 0.3) is 0 Å². The van der Waals surface area contributed by atoms with Crippen LogP contribution < -0.4 is 5.73 Å². The second kappa shape index (κ2) is 3.25. The average Bonchev–Trinajstić information content (AvgIpc) is 1.96. The Morgan fingerprint density at radius 3 is 2.42 bits per heavy atom. The van der Waals surface area contributed by atoms with E-state index in [9.17, 15) is 4.79 Å². The second-order valence-corrected chi connectivity index (χ2v) is 2.82. The van der Waals surface area contributed by atoms with Gasteiger partial charge in [-0.1, -0.05) is 23.2 Å². The first-order chi connectivity index (χ1) is 5.52. The molecule has 0 radical (unpaired) electrons. The molecule has 4 nitrogen and oxygen atoms in total. The van der Waals surface area contributed by atoms with Crippen molar-refractivity contribution in [1.29, 1.82) is 0 Å². The highest BCUT2D eigenvalue weighted by atomic mass is 35.5. The van der Waals surface area contributed by atoms with Crippen molar-refractivity contribution in [3.05, 3.63) is 21.7 Å². The molecule has 1 rings (SSSR count). The fraction of sp³-hybridized carbons (Fsp3) is 0.167. The summed E-state index contributed by atoms with van der Waals surface area (Å²) in [5, 5.41) is 0.100. The number of hydrogen-bond donors (Lipinski definition) is 1. The van der Waals surface area contributed by atoms with E-state index in [2.05, 4.69) is 9.97 Å². The lowest BCUT2D eigenvalue weighted by atomic mass is 10.4. The number of halogens is 2. The first-order valence-corrected chi connectivity index (χ1v) is 3.77. The first kappa shape index (κ1) is 9.22. The number of amides is 1. The summed E-state index contributed by atoms with van der Waals surface area (Å²) in [6.45, 7) is 1.61. The highest BCUT2D eigenvalue weighted by Gasteiger charge is 2.12. The number of aryl methyl sites for hydroxylation is 1. The van der Waals surface area contributed by atoms with E-state index < -0.39 is 5.91 Å². The first-order valence-electron chi connectivity index (χ1n) is 3.02. The molecular weight excluding hydrogens is 201 g/mol. The molecule has 64 valence electrons. The number of nitrogens with two attached hydrogens (primary N) is 1. The van der Waals surface area contributed by atoms with E-state index >= 15 is 0 Å². The lowest BCUT2D eigenvalue weighted by molar-refractivity contribution is 0.0995. The van der Waals surface area contributed by atoms with Gasteiger partial charge in [0.25, 0.3) is 5.91 Å². The highest BCUT2D eigenvalue weighted by molar-refractivity contribution is 6.34. The van der Waals surface area contributed by atoms with Crippen LogP contribution in [0.3, 0.4) is 0 Å². The molecule has 0 saturated carbocycles. The third kappa shape index (κ3) is 1.65. The van der Waals surface area contributed by atoms with Crippen LogP contribution in [0.4, 0.5) is 0 Å². The van der Waals surface area contributed by atoms with Crippen molar-refractivity contribution in [2.45, 2.75) is 6.92 Å². The number of primary amides is 1. The Kier molecular flexibility index (Phi) is 2.49. The SMILES string of the molecule is Cc1nc(C(N)=O)c(Cl)nc1Cl. The van der Waals surface area contributed by atoms with E-state index in [1.165, 1.54) is 0 Å². The number of carbonyl (C=O) groups excluding carboxylic acids is 1. The van der Waals surface area contributed by atoms with Gasteiger partial charge in [-0.15, -0.1) is 0 Å². The van der Waals surface area contributed by atoms with Crippen molar-refractivity contribution in [1.82, 2.24) is 9.97 Å². The van der Waals surface area contributed by atoms with Crippen LogP contribution in [-0.2, 0) is 0 Å². The fourth-order valence-corrected chi connectivity index (χ4v) is 1.03. The molecule has 1 heterocycles. The van der Waals surface area contributed by atoms with Crippen LogP contribution in [0, 0.1) is 6.92 Å². The molecule has 0 saturated heterocycles. The molecular formula is C6H5Cl2N3O. The van der Waals surface area contributed by atoms with Gasteiger partial charge in [0.2, 0.25) is 0 Å². The van der Waals surface area contributed by atoms with E-state index in [-0.39, 0.29) is 16.0 Å². The summed E-state index contributed by atoms with van der Waals surface area (Å²) in [7, 11) is 0. The van der Waals surface area contributed by atoms with Gasteiger partial charge < -0.3 is 5.73 Å². The lowest BCUT2D eigenvalue weighted by Crippen LogP contribution is -2.15. The fourth-order valence-electron chi connectivity index (χ4n) is 0.637. The summed E-state index contributed by atoms with van der Waals surface area (Å²) in [6, 6.07) is 0. The molecule has 1 amide bonds. The molecule has 0 aromatic carbocycles. The van der Waals surface area contributed by atoms with Crippen molar-refractivity contribution in [2.75, 3.05) is 0 Å². The molecule has 0 unspecified atom stereocenters. The van der Waals surface area contributed by atoms with Crippen molar-refractivity contribution in [3.8, 4) is 0 Å². The van der Waals surface area contributed by atoms with Gasteiger partial charge in [-0.2, -0.15) is 0 Å². The van der Waals surface area contributed by atoms with Crippen LogP contribution in [0.5, 0.6) is 0 Å². The molecule has 0 atom stereocenters. The van der Waals surface area contributed by atoms with E-state index in [1.54, 1.807) is 6.92 Å². The Morgan fingerprint density at radius 1 is 1.33 bits per heavy atom. The minimum Gasteiger partial charge on any atom is -0.364 e. The second-order valence-electron chi connectivity index (χ2n) is 2.10. The maximum atomic E-state index is 10.7. The van der Waals surface area contributed by atoms with E-state index in [4.69, 9.17) is 28.9 Å². The summed E-state index contributed by atoms with van der Waals surface area (Å²) < 4.78 is 0. The molecule has 0 aliphatic rings. The molecule has 0 fully saturated rings. The Labute approximate surface area is 78.7 Å². The van der Waals surface area contributed by atoms with E-state index in [0.29, 0.717) is 5.69 Å². The summed E-state index contributed by atoms with van der Waals surface area (Å²) in [4.78, 5) is 18.1.